The van der Waals surface area contributed by atoms with Crippen molar-refractivity contribution in [3.63, 3.8) is 0 Å². The summed E-state index contributed by atoms with van der Waals surface area (Å²) in [6, 6.07) is 3.94. The highest BCUT2D eigenvalue weighted by molar-refractivity contribution is 5.73. The van der Waals surface area contributed by atoms with Gasteiger partial charge in [0.05, 0.1) is 0 Å². The first-order valence-electron chi connectivity index (χ1n) is 8.59. The van der Waals surface area contributed by atoms with E-state index in [0.29, 0.717) is 6.54 Å². The Bertz CT molecular complexity index is 632. The Morgan fingerprint density at radius 1 is 1.20 bits per heavy atom. The van der Waals surface area contributed by atoms with Crippen molar-refractivity contribution < 1.29 is 14.3 Å². The standard InChI is InChI=1S/C18H28N4O3/c1-13-15(12-19-17(24)25-18(3,4)5)6-7-16(20-13)22-10-8-21(9-11-22)14(2)23/h6-7H,8-12H2,1-5H3,(H,19,24). The first-order chi connectivity index (χ1) is 11.7. The van der Waals surface area contributed by atoms with Gasteiger partial charge in [-0.05, 0) is 39.3 Å². The minimum Gasteiger partial charge on any atom is -0.444 e. The van der Waals surface area contributed by atoms with E-state index in [0.717, 1.165) is 43.3 Å². The van der Waals surface area contributed by atoms with Crippen molar-refractivity contribution in [2.45, 2.75) is 46.8 Å². The number of carbonyl (C=O) groups excluding carboxylic acids is 2. The predicted octanol–water partition coefficient (Wildman–Crippen LogP) is 2.08. The topological polar surface area (TPSA) is 74.8 Å². The summed E-state index contributed by atoms with van der Waals surface area (Å²) in [4.78, 5) is 31.8. The molecule has 1 aliphatic rings. The molecule has 1 saturated heterocycles. The lowest BCUT2D eigenvalue weighted by Crippen LogP contribution is -2.48. The Hall–Kier alpha value is -2.31. The number of aromatic nitrogens is 1. The maximum Gasteiger partial charge on any atom is 0.407 e. The number of rotatable bonds is 3. The van der Waals surface area contributed by atoms with E-state index in [-0.39, 0.29) is 5.91 Å². The largest absolute Gasteiger partial charge is 0.444 e. The highest BCUT2D eigenvalue weighted by Gasteiger charge is 2.20. The minimum atomic E-state index is -0.511. The summed E-state index contributed by atoms with van der Waals surface area (Å²) in [5.74, 6) is 1.02. The molecule has 2 heterocycles. The molecule has 1 aromatic rings. The number of hydrogen-bond acceptors (Lipinski definition) is 5. The second-order valence-electron chi connectivity index (χ2n) is 7.26. The fraction of sp³-hybridized carbons (Fsp3) is 0.611. The van der Waals surface area contributed by atoms with E-state index < -0.39 is 11.7 Å². The van der Waals surface area contributed by atoms with Gasteiger partial charge in [0.2, 0.25) is 5.91 Å². The number of anilines is 1. The molecule has 25 heavy (non-hydrogen) atoms. The Labute approximate surface area is 149 Å². The molecule has 2 amide bonds. The normalized spacial score (nSPS) is 15.1. The molecular formula is C18H28N4O3. The lowest BCUT2D eigenvalue weighted by Gasteiger charge is -2.35. The zero-order chi connectivity index (χ0) is 18.6. The van der Waals surface area contributed by atoms with Crippen LogP contribution in [0.2, 0.25) is 0 Å². The van der Waals surface area contributed by atoms with Gasteiger partial charge in [0.15, 0.2) is 0 Å². The fourth-order valence-corrected chi connectivity index (χ4v) is 2.67. The van der Waals surface area contributed by atoms with E-state index in [1.165, 1.54) is 0 Å². The van der Waals surface area contributed by atoms with Crippen molar-refractivity contribution in [1.29, 1.82) is 0 Å². The van der Waals surface area contributed by atoms with Crippen molar-refractivity contribution in [2.24, 2.45) is 0 Å². The highest BCUT2D eigenvalue weighted by Crippen LogP contribution is 2.17. The molecular weight excluding hydrogens is 320 g/mol. The molecule has 7 heteroatoms. The number of nitrogens with zero attached hydrogens (tertiary/aromatic N) is 3. The molecule has 1 aliphatic heterocycles. The van der Waals surface area contributed by atoms with Crippen LogP contribution in [0.1, 0.15) is 39.0 Å². The number of aryl methyl sites for hydroxylation is 1. The molecule has 0 saturated carbocycles. The molecule has 1 fully saturated rings. The molecule has 0 unspecified atom stereocenters. The Morgan fingerprint density at radius 2 is 1.84 bits per heavy atom. The molecule has 1 aromatic heterocycles. The van der Waals surface area contributed by atoms with Crippen LogP contribution >= 0.6 is 0 Å². The number of nitrogens with one attached hydrogen (secondary N) is 1. The van der Waals surface area contributed by atoms with Gasteiger partial charge in [0.25, 0.3) is 0 Å². The third-order valence-corrected chi connectivity index (χ3v) is 4.05. The molecule has 138 valence electrons. The molecule has 1 N–H and O–H groups in total. The second-order valence-corrected chi connectivity index (χ2v) is 7.26. The van der Waals surface area contributed by atoms with E-state index in [9.17, 15) is 9.59 Å². The molecule has 0 atom stereocenters. The van der Waals surface area contributed by atoms with Crippen LogP contribution in [-0.2, 0) is 16.1 Å². The Kier molecular flexibility index (Phi) is 5.87. The van der Waals surface area contributed by atoms with Crippen LogP contribution in [0.25, 0.3) is 0 Å². The summed E-state index contributed by atoms with van der Waals surface area (Å²) >= 11 is 0. The second kappa shape index (κ2) is 7.72. The van der Waals surface area contributed by atoms with Crippen molar-refractivity contribution >= 4 is 17.8 Å². The number of hydrogen-bond donors (Lipinski definition) is 1. The van der Waals surface area contributed by atoms with Gasteiger partial charge in [-0.1, -0.05) is 6.07 Å². The van der Waals surface area contributed by atoms with Crippen LogP contribution < -0.4 is 10.2 Å². The lowest BCUT2D eigenvalue weighted by atomic mass is 10.2. The molecule has 2 rings (SSSR count). The summed E-state index contributed by atoms with van der Waals surface area (Å²) in [5, 5.41) is 2.75. The maximum atomic E-state index is 11.7. The summed E-state index contributed by atoms with van der Waals surface area (Å²) in [5.41, 5.74) is 1.32. The Balaban J connectivity index is 1.92. The molecule has 0 radical (unpaired) electrons. The van der Waals surface area contributed by atoms with Crippen molar-refractivity contribution in [3.05, 3.63) is 23.4 Å². The van der Waals surface area contributed by atoms with Gasteiger partial charge < -0.3 is 19.9 Å². The smallest absolute Gasteiger partial charge is 0.407 e. The van der Waals surface area contributed by atoms with Crippen molar-refractivity contribution in [2.75, 3.05) is 31.1 Å². The quantitative estimate of drug-likeness (QED) is 0.905. The number of ether oxygens (including phenoxy) is 1. The third-order valence-electron chi connectivity index (χ3n) is 4.05. The van der Waals surface area contributed by atoms with Gasteiger partial charge in [-0.2, -0.15) is 0 Å². The molecule has 7 nitrogen and oxygen atoms in total. The van der Waals surface area contributed by atoms with Crippen LogP contribution in [-0.4, -0.2) is 53.7 Å². The average Bonchev–Trinajstić information content (AvgIpc) is 2.52. The van der Waals surface area contributed by atoms with E-state index in [1.807, 2.05) is 44.7 Å². The van der Waals surface area contributed by atoms with Crippen LogP contribution in [0.3, 0.4) is 0 Å². The van der Waals surface area contributed by atoms with Gasteiger partial charge in [0, 0.05) is 45.3 Å². The van der Waals surface area contributed by atoms with Crippen LogP contribution in [0, 0.1) is 6.92 Å². The maximum absolute atomic E-state index is 11.7. The summed E-state index contributed by atoms with van der Waals surface area (Å²) in [6.07, 6.45) is -0.434. The van der Waals surface area contributed by atoms with Crippen LogP contribution in [0.5, 0.6) is 0 Å². The molecule has 0 aromatic carbocycles. The van der Waals surface area contributed by atoms with Gasteiger partial charge in [-0.25, -0.2) is 9.78 Å². The van der Waals surface area contributed by atoms with Crippen LogP contribution in [0.4, 0.5) is 10.6 Å². The van der Waals surface area contributed by atoms with E-state index >= 15 is 0 Å². The number of carbonyl (C=O) groups is 2. The summed E-state index contributed by atoms with van der Waals surface area (Å²) in [6.45, 7) is 12.4. The lowest BCUT2D eigenvalue weighted by molar-refractivity contribution is -0.129. The van der Waals surface area contributed by atoms with E-state index in [2.05, 4.69) is 15.2 Å². The number of alkyl carbamates (subject to hydrolysis) is 1. The van der Waals surface area contributed by atoms with Crippen molar-refractivity contribution in [3.8, 4) is 0 Å². The highest BCUT2D eigenvalue weighted by atomic mass is 16.6. The van der Waals surface area contributed by atoms with Gasteiger partial charge in [-0.15, -0.1) is 0 Å². The zero-order valence-corrected chi connectivity index (χ0v) is 15.8. The third kappa shape index (κ3) is 5.62. The van der Waals surface area contributed by atoms with E-state index in [1.54, 1.807) is 6.92 Å². The van der Waals surface area contributed by atoms with Crippen LogP contribution in [0.15, 0.2) is 12.1 Å². The van der Waals surface area contributed by atoms with Gasteiger partial charge >= 0.3 is 6.09 Å². The molecule has 0 bridgehead atoms. The van der Waals surface area contributed by atoms with Gasteiger partial charge in [-0.3, -0.25) is 4.79 Å². The number of amides is 2. The first-order valence-corrected chi connectivity index (χ1v) is 8.59. The monoisotopic (exact) mass is 348 g/mol. The number of pyridine rings is 1. The number of piperazine rings is 1. The predicted molar refractivity (Wildman–Crippen MR) is 96.5 cm³/mol. The molecule has 0 spiro atoms. The first kappa shape index (κ1) is 19.0. The summed E-state index contributed by atoms with van der Waals surface area (Å²) in [7, 11) is 0. The summed E-state index contributed by atoms with van der Waals surface area (Å²) < 4.78 is 5.24. The molecule has 0 aliphatic carbocycles. The van der Waals surface area contributed by atoms with Crippen molar-refractivity contribution in [1.82, 2.24) is 15.2 Å². The fourth-order valence-electron chi connectivity index (χ4n) is 2.67. The minimum absolute atomic E-state index is 0.118. The zero-order valence-electron chi connectivity index (χ0n) is 15.8. The van der Waals surface area contributed by atoms with Gasteiger partial charge in [0.1, 0.15) is 11.4 Å². The Morgan fingerprint density at radius 3 is 2.36 bits per heavy atom. The average molecular weight is 348 g/mol. The van der Waals surface area contributed by atoms with E-state index in [4.69, 9.17) is 4.74 Å². The SMILES string of the molecule is CC(=O)N1CCN(c2ccc(CNC(=O)OC(C)(C)C)c(C)n2)CC1.